The van der Waals surface area contributed by atoms with Gasteiger partial charge in [0.05, 0.1) is 0 Å². The Kier molecular flexibility index (Phi) is 6.37. The summed E-state index contributed by atoms with van der Waals surface area (Å²) in [6.07, 6.45) is -25.0. The quantitative estimate of drug-likeness (QED) is 0.362. The molecule has 0 amide bonds. The number of ether oxygens (including phenoxy) is 3. The second-order valence-electron chi connectivity index (χ2n) is 4.51. The van der Waals surface area contributed by atoms with Gasteiger partial charge in [-0.3, -0.25) is 0 Å². The maximum atomic E-state index is 13.1. The number of hydrogen-bond acceptors (Lipinski definition) is 5. The molecule has 0 aromatic rings. The number of hydrogen-bond donors (Lipinski definition) is 0. The van der Waals surface area contributed by atoms with E-state index in [0.717, 1.165) is 13.8 Å². The van der Waals surface area contributed by atoms with E-state index in [1.807, 2.05) is 0 Å². The third-order valence-electron chi connectivity index (χ3n) is 2.07. The van der Waals surface area contributed by atoms with Gasteiger partial charge in [-0.2, -0.15) is 35.1 Å². The van der Waals surface area contributed by atoms with E-state index >= 15 is 0 Å². The molecule has 25 heavy (non-hydrogen) atoms. The molecule has 0 bridgehead atoms. The highest BCUT2D eigenvalue weighted by Crippen LogP contribution is 2.46. The van der Waals surface area contributed by atoms with Crippen molar-refractivity contribution in [2.45, 2.75) is 38.3 Å². The van der Waals surface area contributed by atoms with Crippen LogP contribution in [0.5, 0.6) is 0 Å². The van der Waals surface area contributed by atoms with Gasteiger partial charge in [0, 0.05) is 11.1 Å². The van der Waals surface area contributed by atoms with Crippen molar-refractivity contribution >= 4 is 11.9 Å². The second-order valence-corrected chi connectivity index (χ2v) is 4.51. The van der Waals surface area contributed by atoms with Gasteiger partial charge in [0.2, 0.25) is 0 Å². The van der Waals surface area contributed by atoms with Crippen LogP contribution in [0.25, 0.3) is 0 Å². The molecule has 0 saturated heterocycles. The molecule has 0 spiro atoms. The largest absolute Gasteiger partial charge is 0.496 e. The zero-order valence-electron chi connectivity index (χ0n) is 12.5. The molecule has 0 rings (SSSR count). The highest BCUT2D eigenvalue weighted by atomic mass is 19.3. The molecule has 13 heteroatoms. The minimum absolute atomic E-state index is 0.747. The molecule has 0 radical (unpaired) electrons. The third-order valence-corrected chi connectivity index (χ3v) is 2.07. The van der Waals surface area contributed by atoms with Crippen molar-refractivity contribution in [1.82, 2.24) is 0 Å². The Morgan fingerprint density at radius 1 is 0.640 bits per heavy atom. The summed E-state index contributed by atoms with van der Waals surface area (Å²) in [6, 6.07) is 0. The van der Waals surface area contributed by atoms with Crippen LogP contribution in [0.15, 0.2) is 24.3 Å². The van der Waals surface area contributed by atoms with Crippen LogP contribution in [-0.4, -0.2) is 36.4 Å². The summed E-state index contributed by atoms with van der Waals surface area (Å²) in [6.45, 7) is 7.01. The van der Waals surface area contributed by atoms with E-state index in [9.17, 15) is 44.7 Å². The van der Waals surface area contributed by atoms with Gasteiger partial charge in [0.15, 0.2) is 0 Å². The summed E-state index contributed by atoms with van der Waals surface area (Å²) in [5.74, 6) is -4.28. The highest BCUT2D eigenvalue weighted by molar-refractivity contribution is 5.87. The van der Waals surface area contributed by atoms with Crippen molar-refractivity contribution in [3.63, 3.8) is 0 Å². The predicted molar refractivity (Wildman–Crippen MR) is 62.7 cm³/mol. The Balaban J connectivity index is 5.47. The molecule has 0 aromatic carbocycles. The van der Waals surface area contributed by atoms with E-state index in [1.165, 1.54) is 0 Å². The number of carbonyl (C=O) groups excluding carboxylic acids is 2. The smallest absolute Gasteiger partial charge is 0.391 e. The van der Waals surface area contributed by atoms with Crippen LogP contribution in [-0.2, 0) is 23.8 Å². The summed E-state index contributed by atoms with van der Waals surface area (Å²) >= 11 is 0. The van der Waals surface area contributed by atoms with Crippen LogP contribution in [0.3, 0.4) is 0 Å². The molecule has 0 fully saturated rings. The molecule has 0 aliphatic carbocycles. The molecule has 0 aliphatic heterocycles. The van der Waals surface area contributed by atoms with Gasteiger partial charge in [-0.15, -0.1) is 0 Å². The second kappa shape index (κ2) is 6.98. The Hall–Kier alpha value is -2.18. The Morgan fingerprint density at radius 3 is 1.08 bits per heavy atom. The van der Waals surface area contributed by atoms with Crippen LogP contribution in [0.1, 0.15) is 13.8 Å². The first-order valence-corrected chi connectivity index (χ1v) is 5.85. The van der Waals surface area contributed by atoms with Gasteiger partial charge < -0.3 is 9.47 Å². The van der Waals surface area contributed by atoms with E-state index in [2.05, 4.69) is 27.4 Å². The number of alkyl halides is 8. The van der Waals surface area contributed by atoms with Crippen molar-refractivity contribution in [3.05, 3.63) is 24.3 Å². The van der Waals surface area contributed by atoms with Gasteiger partial charge in [0.1, 0.15) is 0 Å². The van der Waals surface area contributed by atoms with E-state index < -0.39 is 47.5 Å². The van der Waals surface area contributed by atoms with Crippen molar-refractivity contribution in [2.75, 3.05) is 0 Å². The lowest BCUT2D eigenvalue weighted by Crippen LogP contribution is -2.55. The normalized spacial score (nSPS) is 13.2. The van der Waals surface area contributed by atoms with Crippen LogP contribution >= 0.6 is 0 Å². The van der Waals surface area contributed by atoms with Gasteiger partial charge in [-0.25, -0.2) is 14.3 Å². The van der Waals surface area contributed by atoms with Gasteiger partial charge in [0.25, 0.3) is 0 Å². The van der Waals surface area contributed by atoms with E-state index in [-0.39, 0.29) is 0 Å². The Labute approximate surface area is 134 Å². The van der Waals surface area contributed by atoms with Gasteiger partial charge in [-0.05, 0) is 13.8 Å². The monoisotopic (exact) mass is 386 g/mol. The fourth-order valence-electron chi connectivity index (χ4n) is 0.806. The minimum Gasteiger partial charge on any atom is -0.391 e. The molecule has 0 atom stereocenters. The maximum Gasteiger partial charge on any atom is 0.496 e. The zero-order valence-corrected chi connectivity index (χ0v) is 12.5. The Morgan fingerprint density at radius 2 is 0.880 bits per heavy atom. The molecular formula is C12H10F8O5. The summed E-state index contributed by atoms with van der Waals surface area (Å²) in [7, 11) is 0. The summed E-state index contributed by atoms with van der Waals surface area (Å²) < 4.78 is 113. The molecule has 0 N–H and O–H groups in total. The molecule has 144 valence electrons. The molecule has 0 aromatic heterocycles. The van der Waals surface area contributed by atoms with Crippen LogP contribution in [0.2, 0.25) is 0 Å². The first-order valence-electron chi connectivity index (χ1n) is 5.85. The summed E-state index contributed by atoms with van der Waals surface area (Å²) in [4.78, 5) is 21.6. The number of rotatable bonds is 8. The minimum atomic E-state index is -6.43. The topological polar surface area (TPSA) is 61.8 Å². The molecule has 0 heterocycles. The van der Waals surface area contributed by atoms with Crippen molar-refractivity contribution in [1.29, 1.82) is 0 Å². The van der Waals surface area contributed by atoms with Crippen molar-refractivity contribution in [2.24, 2.45) is 0 Å². The summed E-state index contributed by atoms with van der Waals surface area (Å²) in [5, 5.41) is 0. The lowest BCUT2D eigenvalue weighted by molar-refractivity contribution is -0.518. The SMILES string of the molecule is C=C(C)C(=O)OC(F)(F)C(F)(F)OC(F)(F)C(F)(F)OC(=O)C(=C)C. The first-order chi connectivity index (χ1) is 10.9. The lowest BCUT2D eigenvalue weighted by Gasteiger charge is -2.31. The number of esters is 2. The Bertz CT molecular complexity index is 534. The van der Waals surface area contributed by atoms with E-state index in [0.29, 0.717) is 0 Å². The average molecular weight is 386 g/mol. The lowest BCUT2D eigenvalue weighted by atomic mass is 10.3. The summed E-state index contributed by atoms with van der Waals surface area (Å²) in [5.41, 5.74) is -1.66. The van der Waals surface area contributed by atoms with Gasteiger partial charge >= 0.3 is 36.4 Å². The first kappa shape index (κ1) is 22.8. The van der Waals surface area contributed by atoms with Crippen LogP contribution in [0, 0.1) is 0 Å². The van der Waals surface area contributed by atoms with Crippen LogP contribution < -0.4 is 0 Å². The van der Waals surface area contributed by atoms with Crippen molar-refractivity contribution < 1.29 is 58.9 Å². The standard InChI is InChI=1S/C12H10F8O5/c1-5(2)7(21)23-9(13,14)11(17,18)25-12(19,20)10(15,16)24-8(22)6(3)4/h1,3H2,2,4H3. The van der Waals surface area contributed by atoms with Crippen LogP contribution in [0.4, 0.5) is 35.1 Å². The third kappa shape index (κ3) is 5.41. The molecule has 5 nitrogen and oxygen atoms in total. The predicted octanol–water partition coefficient (Wildman–Crippen LogP) is 3.61. The number of halogens is 8. The maximum absolute atomic E-state index is 13.1. The number of carbonyl (C=O) groups is 2. The highest BCUT2D eigenvalue weighted by Gasteiger charge is 2.73. The molecular weight excluding hydrogens is 376 g/mol. The zero-order chi connectivity index (χ0) is 20.4. The fraction of sp³-hybridized carbons (Fsp3) is 0.500. The average Bonchev–Trinajstić information content (AvgIpc) is 2.35. The van der Waals surface area contributed by atoms with E-state index in [1.54, 1.807) is 0 Å². The van der Waals surface area contributed by atoms with E-state index in [4.69, 9.17) is 0 Å². The van der Waals surface area contributed by atoms with Gasteiger partial charge in [-0.1, -0.05) is 13.2 Å². The molecule has 0 saturated carbocycles. The van der Waals surface area contributed by atoms with Crippen molar-refractivity contribution in [3.8, 4) is 0 Å². The molecule has 0 unspecified atom stereocenters. The molecule has 0 aliphatic rings. The fourth-order valence-corrected chi connectivity index (χ4v) is 0.806.